The molecule has 0 fully saturated rings. The lowest BCUT2D eigenvalue weighted by atomic mass is 10.0. The molecule has 0 amide bonds. The van der Waals surface area contributed by atoms with Crippen molar-refractivity contribution in [2.75, 3.05) is 6.61 Å². The zero-order valence-corrected chi connectivity index (χ0v) is 14.7. The van der Waals surface area contributed by atoms with Gasteiger partial charge in [-0.1, -0.05) is 33.6 Å². The van der Waals surface area contributed by atoms with E-state index in [1.807, 2.05) is 33.8 Å². The molecule has 2 aromatic rings. The quantitative estimate of drug-likeness (QED) is 0.597. The van der Waals surface area contributed by atoms with Gasteiger partial charge in [0.25, 0.3) is 0 Å². The van der Waals surface area contributed by atoms with Crippen LogP contribution in [0.2, 0.25) is 0 Å². The van der Waals surface area contributed by atoms with Crippen LogP contribution in [0, 0.1) is 23.7 Å². The number of rotatable bonds is 4. The maximum Gasteiger partial charge on any atom is 0.193 e. The molecule has 0 radical (unpaired) electrons. The molecule has 2 aromatic carbocycles. The Morgan fingerprint density at radius 2 is 1.42 bits per heavy atom. The van der Waals surface area contributed by atoms with E-state index in [0.717, 1.165) is 0 Å². The normalized spacial score (nSPS) is 8.25. The Labute approximate surface area is 144 Å². The Balaban J connectivity index is 0.00000123. The van der Waals surface area contributed by atoms with Crippen molar-refractivity contribution in [3.05, 3.63) is 65.2 Å². The molecule has 3 heteroatoms. The van der Waals surface area contributed by atoms with Gasteiger partial charge in [0.05, 0.1) is 11.6 Å². The summed E-state index contributed by atoms with van der Waals surface area (Å²) in [6.45, 7) is 8.20. The summed E-state index contributed by atoms with van der Waals surface area (Å²) in [7, 11) is 0. The van der Waals surface area contributed by atoms with E-state index in [-0.39, 0.29) is 12.4 Å². The highest BCUT2D eigenvalue weighted by Gasteiger charge is 2.09. The second-order valence-corrected chi connectivity index (χ2v) is 4.04. The van der Waals surface area contributed by atoms with Crippen LogP contribution >= 0.6 is 0 Å². The van der Waals surface area contributed by atoms with Gasteiger partial charge in [0.2, 0.25) is 0 Å². The highest BCUT2D eigenvalue weighted by Crippen LogP contribution is 2.15. The van der Waals surface area contributed by atoms with Crippen molar-refractivity contribution in [2.24, 2.45) is 0 Å². The summed E-state index contributed by atoms with van der Waals surface area (Å²) < 4.78 is 5.24. The first kappa shape index (κ1) is 21.0. The maximum absolute atomic E-state index is 12.2. The molecule has 124 valence electrons. The Morgan fingerprint density at radius 3 is 1.83 bits per heavy atom. The molecule has 0 spiro atoms. The molecule has 0 bridgehead atoms. The molecule has 2 rings (SSSR count). The highest BCUT2D eigenvalue weighted by molar-refractivity contribution is 6.09. The topological polar surface area (TPSA) is 50.1 Å². The minimum Gasteiger partial charge on any atom is -0.481 e. The summed E-state index contributed by atoms with van der Waals surface area (Å²) in [6, 6.07) is 15.3. The van der Waals surface area contributed by atoms with Crippen molar-refractivity contribution in [1.82, 2.24) is 0 Å². The van der Waals surface area contributed by atoms with Crippen molar-refractivity contribution >= 4 is 5.78 Å². The van der Waals surface area contributed by atoms with Crippen molar-refractivity contribution in [3.63, 3.8) is 0 Å². The molecule has 24 heavy (non-hydrogen) atoms. The molecule has 0 atom stereocenters. The van der Waals surface area contributed by atoms with Crippen LogP contribution in [0.15, 0.2) is 48.5 Å². The number of nitrogens with zero attached hydrogens (tertiary/aromatic N) is 1. The number of hydrogen-bond donors (Lipinski definition) is 0. The third kappa shape index (κ3) is 6.38. The average molecular weight is 321 g/mol. The van der Waals surface area contributed by atoms with E-state index in [2.05, 4.69) is 5.92 Å². The molecule has 0 aliphatic heterocycles. The second-order valence-electron chi connectivity index (χ2n) is 4.04. The van der Waals surface area contributed by atoms with Gasteiger partial charge in [-0.2, -0.15) is 5.26 Å². The Kier molecular flexibility index (Phi) is 10.9. The number of hydrogen-bond acceptors (Lipinski definition) is 3. The molecule has 0 aromatic heterocycles. The molecule has 0 N–H and O–H groups in total. The predicted molar refractivity (Wildman–Crippen MR) is 98.1 cm³/mol. The van der Waals surface area contributed by atoms with E-state index in [4.69, 9.17) is 16.4 Å². The number of ether oxygens (including phenoxy) is 1. The fraction of sp³-hybridized carbons (Fsp3) is 0.238. The van der Waals surface area contributed by atoms with Gasteiger partial charge in [-0.25, -0.2) is 0 Å². The molecule has 0 saturated heterocycles. The van der Waals surface area contributed by atoms with Gasteiger partial charge in [-0.3, -0.25) is 4.79 Å². The maximum atomic E-state index is 12.2. The molecular weight excluding hydrogens is 298 g/mol. The molecule has 0 aliphatic carbocycles. The van der Waals surface area contributed by atoms with Crippen LogP contribution in [0.3, 0.4) is 0 Å². The first-order chi connectivity index (χ1) is 11.7. The summed E-state index contributed by atoms with van der Waals surface area (Å²) in [5, 5.41) is 8.72. The number of terminal acetylenes is 1. The third-order valence-corrected chi connectivity index (χ3v) is 2.71. The van der Waals surface area contributed by atoms with E-state index in [1.54, 1.807) is 48.5 Å². The number of ketones is 1. The highest BCUT2D eigenvalue weighted by atomic mass is 16.5. The van der Waals surface area contributed by atoms with Gasteiger partial charge in [-0.05, 0) is 48.5 Å². The summed E-state index contributed by atoms with van der Waals surface area (Å²) >= 11 is 0. The lowest BCUT2D eigenvalue weighted by molar-refractivity contribution is 0.103. The predicted octanol–water partition coefficient (Wildman–Crippen LogP) is 4.85. The standard InChI is InChI=1S/C17H11NO2.2C2H6/c1-2-11-20-16-9-7-15(8-10-16)17(19)14-5-3-13(12-18)4-6-14;2*1-2/h1,3-10H,11H2;2*1-2H3. The Bertz CT molecular complexity index is 687. The Hall–Kier alpha value is -3.04. The van der Waals surface area contributed by atoms with Crippen molar-refractivity contribution in [3.8, 4) is 24.2 Å². The van der Waals surface area contributed by atoms with Crippen molar-refractivity contribution in [1.29, 1.82) is 5.26 Å². The van der Waals surface area contributed by atoms with Crippen molar-refractivity contribution < 1.29 is 9.53 Å². The van der Waals surface area contributed by atoms with Crippen LogP contribution in [0.1, 0.15) is 49.2 Å². The van der Waals surface area contributed by atoms with E-state index in [9.17, 15) is 4.79 Å². The largest absolute Gasteiger partial charge is 0.481 e. The van der Waals surface area contributed by atoms with Gasteiger partial charge in [0.15, 0.2) is 5.78 Å². The minimum atomic E-state index is -0.0991. The summed E-state index contributed by atoms with van der Waals surface area (Å²) in [5.41, 5.74) is 1.63. The summed E-state index contributed by atoms with van der Waals surface area (Å²) in [6.07, 6.45) is 5.10. The van der Waals surface area contributed by atoms with E-state index < -0.39 is 0 Å². The van der Waals surface area contributed by atoms with E-state index in [0.29, 0.717) is 22.4 Å². The third-order valence-electron chi connectivity index (χ3n) is 2.71. The van der Waals surface area contributed by atoms with Gasteiger partial charge in [0.1, 0.15) is 12.4 Å². The fourth-order valence-corrected chi connectivity index (χ4v) is 1.69. The van der Waals surface area contributed by atoms with Crippen LogP contribution < -0.4 is 4.74 Å². The molecule has 0 heterocycles. The van der Waals surface area contributed by atoms with Crippen LogP contribution in [0.5, 0.6) is 5.75 Å². The fourth-order valence-electron chi connectivity index (χ4n) is 1.69. The van der Waals surface area contributed by atoms with E-state index >= 15 is 0 Å². The first-order valence-corrected chi connectivity index (χ1v) is 7.96. The lowest BCUT2D eigenvalue weighted by Crippen LogP contribution is -2.01. The van der Waals surface area contributed by atoms with Crippen molar-refractivity contribution in [2.45, 2.75) is 27.7 Å². The summed E-state index contributed by atoms with van der Waals surface area (Å²) in [5.74, 6) is 2.90. The lowest BCUT2D eigenvalue weighted by Gasteiger charge is -2.04. The molecule has 0 unspecified atom stereocenters. The number of carbonyl (C=O) groups is 1. The molecule has 0 aliphatic rings. The van der Waals surface area contributed by atoms with Gasteiger partial charge in [0, 0.05) is 11.1 Å². The van der Waals surface area contributed by atoms with Crippen LogP contribution in [-0.4, -0.2) is 12.4 Å². The summed E-state index contributed by atoms with van der Waals surface area (Å²) in [4.78, 5) is 12.2. The SMILES string of the molecule is C#CCOc1ccc(C(=O)c2ccc(C#N)cc2)cc1.CC.CC. The number of benzene rings is 2. The Morgan fingerprint density at radius 1 is 0.958 bits per heavy atom. The molecular formula is C21H23NO2. The van der Waals surface area contributed by atoms with Gasteiger partial charge in [-0.15, -0.1) is 6.42 Å². The monoisotopic (exact) mass is 321 g/mol. The number of nitriles is 1. The molecule has 0 saturated carbocycles. The van der Waals surface area contributed by atoms with Crippen LogP contribution in [0.25, 0.3) is 0 Å². The smallest absolute Gasteiger partial charge is 0.193 e. The average Bonchev–Trinajstić information content (AvgIpc) is 2.69. The van der Waals surface area contributed by atoms with Crippen LogP contribution in [0.4, 0.5) is 0 Å². The van der Waals surface area contributed by atoms with Gasteiger partial charge < -0.3 is 4.74 Å². The number of carbonyl (C=O) groups excluding carboxylic acids is 1. The minimum absolute atomic E-state index is 0.0991. The van der Waals surface area contributed by atoms with E-state index in [1.165, 1.54) is 0 Å². The second kappa shape index (κ2) is 12.5. The zero-order valence-electron chi connectivity index (χ0n) is 14.7. The zero-order chi connectivity index (χ0) is 18.4. The first-order valence-electron chi connectivity index (χ1n) is 7.96. The molecule has 3 nitrogen and oxygen atoms in total. The van der Waals surface area contributed by atoms with Crippen LogP contribution in [-0.2, 0) is 0 Å². The van der Waals surface area contributed by atoms with Gasteiger partial charge >= 0.3 is 0 Å².